The van der Waals surface area contributed by atoms with Crippen molar-refractivity contribution in [2.45, 2.75) is 85.5 Å². The maximum absolute atomic E-state index is 11.3. The van der Waals surface area contributed by atoms with Crippen molar-refractivity contribution in [1.29, 1.82) is 0 Å². The molecule has 0 radical (unpaired) electrons. The Balaban J connectivity index is 3.19. The number of rotatable bonds is 9. The normalized spacial score (nSPS) is 11.8. The number of unbranched alkanes of at least 4 members (excludes halogenated alkanes) is 4. The molecule has 0 aliphatic carbocycles. The lowest BCUT2D eigenvalue weighted by Gasteiger charge is -2.17. The molecule has 0 heterocycles. The molecule has 0 bridgehead atoms. The van der Waals surface area contributed by atoms with E-state index >= 15 is 0 Å². The van der Waals surface area contributed by atoms with Crippen LogP contribution in [0.1, 0.15) is 85.5 Å². The zero-order chi connectivity index (χ0) is 12.4. The fourth-order valence-electron chi connectivity index (χ4n) is 1.91. The van der Waals surface area contributed by atoms with Crippen LogP contribution in [0.25, 0.3) is 0 Å². The highest BCUT2D eigenvalue weighted by molar-refractivity contribution is 5.78. The highest BCUT2D eigenvalue weighted by Gasteiger charge is 2.08. The molecule has 0 aliphatic rings. The van der Waals surface area contributed by atoms with Gasteiger partial charge in [0.1, 0.15) is 5.78 Å². The largest absolute Gasteiger partial charge is 0.300 e. The Morgan fingerprint density at radius 2 is 1.44 bits per heavy atom. The van der Waals surface area contributed by atoms with E-state index < -0.39 is 0 Å². The topological polar surface area (TPSA) is 17.1 Å². The number of ketones is 1. The first kappa shape index (κ1) is 15.7. The Labute approximate surface area is 102 Å². The monoisotopic (exact) mass is 226 g/mol. The number of carbonyl (C=O) groups excluding carboxylic acids is 1. The van der Waals surface area contributed by atoms with Gasteiger partial charge in [-0.05, 0) is 24.7 Å². The summed E-state index contributed by atoms with van der Waals surface area (Å²) in [7, 11) is 0. The Kier molecular flexibility index (Phi) is 8.60. The molecule has 0 spiro atoms. The van der Waals surface area contributed by atoms with Crippen molar-refractivity contribution in [3.05, 3.63) is 0 Å². The summed E-state index contributed by atoms with van der Waals surface area (Å²) in [6, 6.07) is 0. The van der Waals surface area contributed by atoms with Gasteiger partial charge in [-0.1, -0.05) is 53.4 Å². The average Bonchev–Trinajstić information content (AvgIpc) is 2.15. The third kappa shape index (κ3) is 11.7. The van der Waals surface area contributed by atoms with Crippen molar-refractivity contribution >= 4 is 5.78 Å². The van der Waals surface area contributed by atoms with Crippen LogP contribution in [0.3, 0.4) is 0 Å². The summed E-state index contributed by atoms with van der Waals surface area (Å²) >= 11 is 0. The third-order valence-corrected chi connectivity index (χ3v) is 2.91. The number of Topliss-reactive ketones (excluding diaryl/α,β-unsaturated/α-hetero) is 1. The molecule has 0 saturated heterocycles. The number of hydrogen-bond donors (Lipinski definition) is 0. The molecule has 0 amide bonds. The molecule has 96 valence electrons. The Morgan fingerprint density at radius 3 is 2.00 bits per heavy atom. The predicted octanol–water partition coefficient (Wildman–Crippen LogP) is 5.13. The molecular formula is C15H30O. The van der Waals surface area contributed by atoms with Crippen molar-refractivity contribution < 1.29 is 4.79 Å². The highest BCUT2D eigenvalue weighted by atomic mass is 16.1. The predicted molar refractivity (Wildman–Crippen MR) is 71.7 cm³/mol. The van der Waals surface area contributed by atoms with E-state index in [1.165, 1.54) is 32.1 Å². The summed E-state index contributed by atoms with van der Waals surface area (Å²) in [5.41, 5.74) is 0.483. The fourth-order valence-corrected chi connectivity index (χ4v) is 1.91. The summed E-state index contributed by atoms with van der Waals surface area (Å²) < 4.78 is 0. The fraction of sp³-hybridized carbons (Fsp3) is 0.933. The van der Waals surface area contributed by atoms with Gasteiger partial charge in [0.25, 0.3) is 0 Å². The third-order valence-electron chi connectivity index (χ3n) is 2.91. The first-order valence-electron chi connectivity index (χ1n) is 6.97. The standard InChI is InChI=1S/C15H30O/c1-5-11-14(16)12-9-7-6-8-10-13-15(2,3)4/h5-13H2,1-4H3. The molecule has 0 aromatic carbocycles. The quantitative estimate of drug-likeness (QED) is 0.498. The van der Waals surface area contributed by atoms with E-state index in [4.69, 9.17) is 0 Å². The van der Waals surface area contributed by atoms with Crippen molar-refractivity contribution in [2.24, 2.45) is 5.41 Å². The SMILES string of the molecule is CCCC(=O)CCCCCCCC(C)(C)C. The van der Waals surface area contributed by atoms with Crippen LogP contribution >= 0.6 is 0 Å². The zero-order valence-corrected chi connectivity index (χ0v) is 11.8. The Morgan fingerprint density at radius 1 is 0.875 bits per heavy atom. The Hall–Kier alpha value is -0.330. The van der Waals surface area contributed by atoms with E-state index in [-0.39, 0.29) is 0 Å². The number of hydrogen-bond acceptors (Lipinski definition) is 1. The lowest BCUT2D eigenvalue weighted by molar-refractivity contribution is -0.119. The lowest BCUT2D eigenvalue weighted by Crippen LogP contribution is -2.03. The van der Waals surface area contributed by atoms with Gasteiger partial charge in [0.05, 0.1) is 0 Å². The van der Waals surface area contributed by atoms with Gasteiger partial charge in [0.2, 0.25) is 0 Å². The molecule has 0 aromatic rings. The summed E-state index contributed by atoms with van der Waals surface area (Å²) in [4.78, 5) is 11.3. The molecule has 0 saturated carbocycles. The van der Waals surface area contributed by atoms with Gasteiger partial charge in [-0.3, -0.25) is 4.79 Å². The molecule has 1 nitrogen and oxygen atoms in total. The van der Waals surface area contributed by atoms with Gasteiger partial charge in [-0.2, -0.15) is 0 Å². The van der Waals surface area contributed by atoms with Crippen LogP contribution in [-0.2, 0) is 4.79 Å². The summed E-state index contributed by atoms with van der Waals surface area (Å²) in [6.45, 7) is 8.98. The van der Waals surface area contributed by atoms with E-state index in [0.717, 1.165) is 25.7 Å². The molecule has 0 N–H and O–H groups in total. The molecule has 0 aromatic heterocycles. The van der Waals surface area contributed by atoms with Crippen molar-refractivity contribution in [1.82, 2.24) is 0 Å². The van der Waals surface area contributed by atoms with E-state index in [1.807, 2.05) is 0 Å². The molecule has 0 unspecified atom stereocenters. The second kappa shape index (κ2) is 8.78. The van der Waals surface area contributed by atoms with Crippen molar-refractivity contribution in [3.63, 3.8) is 0 Å². The maximum Gasteiger partial charge on any atom is 0.132 e. The van der Waals surface area contributed by atoms with Gasteiger partial charge < -0.3 is 0 Å². The van der Waals surface area contributed by atoms with Crippen molar-refractivity contribution in [2.75, 3.05) is 0 Å². The summed E-state index contributed by atoms with van der Waals surface area (Å²) in [6.07, 6.45) is 10.2. The van der Waals surface area contributed by atoms with E-state index in [2.05, 4.69) is 27.7 Å². The summed E-state index contributed by atoms with van der Waals surface area (Å²) in [5.74, 6) is 0.456. The van der Waals surface area contributed by atoms with Crippen LogP contribution in [0.4, 0.5) is 0 Å². The first-order chi connectivity index (χ1) is 7.45. The van der Waals surface area contributed by atoms with Gasteiger partial charge >= 0.3 is 0 Å². The van der Waals surface area contributed by atoms with Crippen LogP contribution in [0, 0.1) is 5.41 Å². The second-order valence-electron chi connectivity index (χ2n) is 6.12. The highest BCUT2D eigenvalue weighted by Crippen LogP contribution is 2.22. The van der Waals surface area contributed by atoms with Crippen LogP contribution in [0.15, 0.2) is 0 Å². The number of carbonyl (C=O) groups is 1. The maximum atomic E-state index is 11.3. The smallest absolute Gasteiger partial charge is 0.132 e. The lowest BCUT2D eigenvalue weighted by atomic mass is 9.89. The molecule has 0 aliphatic heterocycles. The molecule has 0 fully saturated rings. The summed E-state index contributed by atoms with van der Waals surface area (Å²) in [5, 5.41) is 0. The second-order valence-corrected chi connectivity index (χ2v) is 6.12. The minimum absolute atomic E-state index is 0.456. The zero-order valence-electron chi connectivity index (χ0n) is 11.8. The first-order valence-corrected chi connectivity index (χ1v) is 6.97. The molecule has 16 heavy (non-hydrogen) atoms. The van der Waals surface area contributed by atoms with Gasteiger partial charge in [0, 0.05) is 12.8 Å². The van der Waals surface area contributed by atoms with E-state index in [9.17, 15) is 4.79 Å². The molecule has 1 heteroatoms. The molecular weight excluding hydrogens is 196 g/mol. The van der Waals surface area contributed by atoms with E-state index in [1.54, 1.807) is 0 Å². The van der Waals surface area contributed by atoms with Crippen LogP contribution in [0.2, 0.25) is 0 Å². The van der Waals surface area contributed by atoms with E-state index in [0.29, 0.717) is 11.2 Å². The van der Waals surface area contributed by atoms with Crippen molar-refractivity contribution in [3.8, 4) is 0 Å². The van der Waals surface area contributed by atoms with Crippen LogP contribution < -0.4 is 0 Å². The van der Waals surface area contributed by atoms with Gasteiger partial charge in [-0.15, -0.1) is 0 Å². The molecule has 0 atom stereocenters. The minimum atomic E-state index is 0.456. The van der Waals surface area contributed by atoms with Crippen LogP contribution in [0.5, 0.6) is 0 Å². The van der Waals surface area contributed by atoms with Gasteiger partial charge in [-0.25, -0.2) is 0 Å². The molecule has 0 rings (SSSR count). The van der Waals surface area contributed by atoms with Crippen LogP contribution in [-0.4, -0.2) is 5.78 Å². The average molecular weight is 226 g/mol. The Bertz CT molecular complexity index is 176. The van der Waals surface area contributed by atoms with Gasteiger partial charge in [0.15, 0.2) is 0 Å². The minimum Gasteiger partial charge on any atom is -0.300 e.